The van der Waals surface area contributed by atoms with Crippen molar-refractivity contribution in [3.8, 4) is 0 Å². The van der Waals surface area contributed by atoms with E-state index in [1.165, 1.54) is 18.7 Å². The molecule has 1 aliphatic rings. The van der Waals surface area contributed by atoms with Gasteiger partial charge in [0, 0.05) is 43.8 Å². The van der Waals surface area contributed by atoms with Crippen LogP contribution in [0.2, 0.25) is 5.02 Å². The van der Waals surface area contributed by atoms with Crippen LogP contribution in [0.15, 0.2) is 42.7 Å². The molecule has 1 saturated heterocycles. The maximum atomic E-state index is 12.3. The van der Waals surface area contributed by atoms with Gasteiger partial charge in [-0.15, -0.1) is 0 Å². The number of likely N-dealkylation sites (tertiary alicyclic amines) is 1. The molecule has 0 unspecified atom stereocenters. The van der Waals surface area contributed by atoms with Crippen LogP contribution in [0.5, 0.6) is 0 Å². The Balaban J connectivity index is 1.43. The molecule has 2 heterocycles. The molecular formula is C21H25ClN4O3. The Hall–Kier alpha value is -2.64. The topological polar surface area (TPSA) is 83.6 Å². The van der Waals surface area contributed by atoms with Crippen LogP contribution in [0, 0.1) is 0 Å². The molecule has 8 heteroatoms. The molecular weight excluding hydrogens is 392 g/mol. The van der Waals surface area contributed by atoms with Gasteiger partial charge < -0.3 is 20.3 Å². The summed E-state index contributed by atoms with van der Waals surface area (Å²) >= 11 is 6.00. The van der Waals surface area contributed by atoms with E-state index in [1.54, 1.807) is 12.1 Å². The van der Waals surface area contributed by atoms with Gasteiger partial charge in [0.15, 0.2) is 0 Å². The number of methoxy groups -OCH3 is 1. The fraction of sp³-hybridized carbons (Fsp3) is 0.381. The first-order chi connectivity index (χ1) is 14.0. The number of anilines is 1. The monoisotopic (exact) mass is 416 g/mol. The number of benzene rings is 1. The second kappa shape index (κ2) is 10.2. The Labute approximate surface area is 175 Å². The molecule has 0 aliphatic carbocycles. The fourth-order valence-electron chi connectivity index (χ4n) is 3.36. The third-order valence-corrected chi connectivity index (χ3v) is 5.35. The minimum absolute atomic E-state index is 0.125. The van der Waals surface area contributed by atoms with Crippen LogP contribution >= 0.6 is 11.6 Å². The van der Waals surface area contributed by atoms with Crippen LogP contribution in [-0.2, 0) is 11.2 Å². The van der Waals surface area contributed by atoms with Crippen LogP contribution in [0.1, 0.15) is 28.8 Å². The first-order valence-corrected chi connectivity index (χ1v) is 9.99. The van der Waals surface area contributed by atoms with Crippen molar-refractivity contribution in [2.24, 2.45) is 0 Å². The Morgan fingerprint density at radius 1 is 1.21 bits per heavy atom. The summed E-state index contributed by atoms with van der Waals surface area (Å²) in [5, 5.41) is 6.04. The number of piperidine rings is 1. The van der Waals surface area contributed by atoms with Crippen molar-refractivity contribution < 1.29 is 14.3 Å². The van der Waals surface area contributed by atoms with E-state index in [0.29, 0.717) is 5.69 Å². The van der Waals surface area contributed by atoms with Crippen LogP contribution in [0.25, 0.3) is 0 Å². The maximum Gasteiger partial charge on any atom is 0.339 e. The van der Waals surface area contributed by atoms with E-state index < -0.39 is 5.97 Å². The zero-order valence-corrected chi connectivity index (χ0v) is 17.1. The van der Waals surface area contributed by atoms with E-state index in [9.17, 15) is 9.59 Å². The van der Waals surface area contributed by atoms with Gasteiger partial charge in [-0.1, -0.05) is 11.6 Å². The predicted molar refractivity (Wildman–Crippen MR) is 112 cm³/mol. The van der Waals surface area contributed by atoms with Gasteiger partial charge in [0.2, 0.25) is 0 Å². The van der Waals surface area contributed by atoms with Crippen LogP contribution in [-0.4, -0.2) is 54.7 Å². The molecule has 1 aromatic heterocycles. The highest BCUT2D eigenvalue weighted by molar-refractivity contribution is 6.33. The van der Waals surface area contributed by atoms with Crippen molar-refractivity contribution in [2.45, 2.75) is 25.3 Å². The molecule has 7 nitrogen and oxygen atoms in total. The van der Waals surface area contributed by atoms with Gasteiger partial charge in [-0.3, -0.25) is 4.98 Å². The van der Waals surface area contributed by atoms with Gasteiger partial charge in [-0.25, -0.2) is 9.59 Å². The lowest BCUT2D eigenvalue weighted by Gasteiger charge is -2.32. The van der Waals surface area contributed by atoms with E-state index in [0.717, 1.165) is 38.9 Å². The lowest BCUT2D eigenvalue weighted by molar-refractivity contribution is 0.0601. The number of hydrogen-bond acceptors (Lipinski definition) is 5. The standard InChI is InChI=1S/C21H25ClN4O3/c1-29-20(27)18-14-17(2-3-19(18)22)25-21(28)24-16-7-12-26(13-8-16)11-6-15-4-9-23-10-5-15/h2-5,9-10,14,16H,6-8,11-13H2,1H3,(H2,24,25,28). The summed E-state index contributed by atoms with van der Waals surface area (Å²) < 4.78 is 4.70. The highest BCUT2D eigenvalue weighted by Crippen LogP contribution is 2.21. The van der Waals surface area contributed by atoms with E-state index in [2.05, 4.69) is 20.5 Å². The van der Waals surface area contributed by atoms with Crippen LogP contribution in [0.4, 0.5) is 10.5 Å². The minimum Gasteiger partial charge on any atom is -0.465 e. The number of pyridine rings is 1. The second-order valence-electron chi connectivity index (χ2n) is 7.01. The van der Waals surface area contributed by atoms with E-state index in [1.807, 2.05) is 24.5 Å². The van der Waals surface area contributed by atoms with Crippen molar-refractivity contribution >= 4 is 29.3 Å². The summed E-state index contributed by atoms with van der Waals surface area (Å²) in [6.07, 6.45) is 6.44. The van der Waals surface area contributed by atoms with Crippen molar-refractivity contribution in [3.63, 3.8) is 0 Å². The third kappa shape index (κ3) is 6.17. The molecule has 2 N–H and O–H groups in total. The molecule has 0 atom stereocenters. The number of ether oxygens (including phenoxy) is 1. The van der Waals surface area contributed by atoms with Crippen molar-refractivity contribution in [2.75, 3.05) is 32.1 Å². The molecule has 2 amide bonds. The molecule has 154 valence electrons. The number of rotatable bonds is 6. The van der Waals surface area contributed by atoms with Crippen molar-refractivity contribution in [1.82, 2.24) is 15.2 Å². The van der Waals surface area contributed by atoms with Gasteiger partial charge in [0.25, 0.3) is 0 Å². The molecule has 2 aromatic rings. The number of nitrogens with zero attached hydrogens (tertiary/aromatic N) is 2. The van der Waals surface area contributed by atoms with E-state index >= 15 is 0 Å². The zero-order chi connectivity index (χ0) is 20.6. The number of hydrogen-bond donors (Lipinski definition) is 2. The van der Waals surface area contributed by atoms with Gasteiger partial charge in [0.05, 0.1) is 17.7 Å². The molecule has 0 spiro atoms. The molecule has 29 heavy (non-hydrogen) atoms. The van der Waals surface area contributed by atoms with Crippen LogP contribution in [0.3, 0.4) is 0 Å². The average Bonchev–Trinajstić information content (AvgIpc) is 2.74. The summed E-state index contributed by atoms with van der Waals surface area (Å²) in [7, 11) is 1.29. The summed E-state index contributed by atoms with van der Waals surface area (Å²) in [5.74, 6) is -0.543. The molecule has 1 aliphatic heterocycles. The second-order valence-corrected chi connectivity index (χ2v) is 7.41. The largest absolute Gasteiger partial charge is 0.465 e. The number of aromatic nitrogens is 1. The first kappa shape index (κ1) is 21.1. The summed E-state index contributed by atoms with van der Waals surface area (Å²) in [6.45, 7) is 2.90. The molecule has 0 saturated carbocycles. The fourth-order valence-corrected chi connectivity index (χ4v) is 3.55. The highest BCUT2D eigenvalue weighted by atomic mass is 35.5. The number of amides is 2. The SMILES string of the molecule is COC(=O)c1cc(NC(=O)NC2CCN(CCc3ccncc3)CC2)ccc1Cl. The number of urea groups is 1. The Morgan fingerprint density at radius 2 is 1.93 bits per heavy atom. The van der Waals surface area contributed by atoms with Gasteiger partial charge in [-0.05, 0) is 55.2 Å². The average molecular weight is 417 g/mol. The lowest BCUT2D eigenvalue weighted by Crippen LogP contribution is -2.46. The van der Waals surface area contributed by atoms with Gasteiger partial charge in [-0.2, -0.15) is 0 Å². The number of halogens is 1. The van der Waals surface area contributed by atoms with E-state index in [4.69, 9.17) is 16.3 Å². The summed E-state index contributed by atoms with van der Waals surface area (Å²) in [6, 6.07) is 8.64. The van der Waals surface area contributed by atoms with Crippen molar-refractivity contribution in [1.29, 1.82) is 0 Å². The Kier molecular flexibility index (Phi) is 7.43. The van der Waals surface area contributed by atoms with E-state index in [-0.39, 0.29) is 22.7 Å². The minimum atomic E-state index is -0.543. The molecule has 0 bridgehead atoms. The normalized spacial score (nSPS) is 15.0. The summed E-state index contributed by atoms with van der Waals surface area (Å²) in [5.41, 5.74) is 1.99. The number of carbonyl (C=O) groups excluding carboxylic acids is 2. The molecule has 1 aromatic carbocycles. The first-order valence-electron chi connectivity index (χ1n) is 9.62. The van der Waals surface area contributed by atoms with Crippen molar-refractivity contribution in [3.05, 3.63) is 58.9 Å². The summed E-state index contributed by atoms with van der Waals surface area (Å²) in [4.78, 5) is 30.5. The number of nitrogens with one attached hydrogen (secondary N) is 2. The van der Waals surface area contributed by atoms with Gasteiger partial charge >= 0.3 is 12.0 Å². The highest BCUT2D eigenvalue weighted by Gasteiger charge is 2.21. The smallest absolute Gasteiger partial charge is 0.339 e. The molecule has 1 fully saturated rings. The van der Waals surface area contributed by atoms with Crippen LogP contribution < -0.4 is 10.6 Å². The number of esters is 1. The molecule has 3 rings (SSSR count). The number of carbonyl (C=O) groups is 2. The Morgan fingerprint density at radius 3 is 2.62 bits per heavy atom. The Bertz CT molecular complexity index is 839. The predicted octanol–water partition coefficient (Wildman–Crippen LogP) is 3.35. The maximum absolute atomic E-state index is 12.3. The van der Waals surface area contributed by atoms with Gasteiger partial charge in [0.1, 0.15) is 0 Å². The quantitative estimate of drug-likeness (QED) is 0.705. The lowest BCUT2D eigenvalue weighted by atomic mass is 10.0. The zero-order valence-electron chi connectivity index (χ0n) is 16.4. The molecule has 0 radical (unpaired) electrons. The third-order valence-electron chi connectivity index (χ3n) is 5.02.